The quantitative estimate of drug-likeness (QED) is 0.702. The second kappa shape index (κ2) is 3.62. The zero-order valence-corrected chi connectivity index (χ0v) is 8.14. The Bertz CT molecular complexity index is 365. The van der Waals surface area contributed by atoms with Crippen molar-refractivity contribution in [3.8, 4) is 6.07 Å². The molecule has 2 rings (SSSR count). The maximum atomic E-state index is 8.66. The Hall–Kier alpha value is -1.63. The third-order valence-corrected chi connectivity index (χ3v) is 2.72. The fourth-order valence-electron chi connectivity index (χ4n) is 1.56. The molecule has 4 heteroatoms. The monoisotopic (exact) mass is 188 g/mol. The highest BCUT2D eigenvalue weighted by Gasteiger charge is 2.22. The van der Waals surface area contributed by atoms with Crippen LogP contribution in [-0.2, 0) is 0 Å². The molecule has 4 nitrogen and oxygen atoms in total. The van der Waals surface area contributed by atoms with Crippen LogP contribution >= 0.6 is 0 Å². The number of anilines is 1. The highest BCUT2D eigenvalue weighted by atomic mass is 15.2. The summed E-state index contributed by atoms with van der Waals surface area (Å²) >= 11 is 0. The van der Waals surface area contributed by atoms with Crippen LogP contribution in [0.4, 0.5) is 5.82 Å². The summed E-state index contributed by atoms with van der Waals surface area (Å²) in [6.07, 6.45) is 5.38. The molecule has 14 heavy (non-hydrogen) atoms. The van der Waals surface area contributed by atoms with E-state index < -0.39 is 0 Å². The molecular formula is C10H12N4. The molecule has 0 unspecified atom stereocenters. The van der Waals surface area contributed by atoms with Crippen molar-refractivity contribution in [1.29, 1.82) is 5.26 Å². The lowest BCUT2D eigenvalue weighted by molar-refractivity contribution is 0.399. The third kappa shape index (κ3) is 1.53. The van der Waals surface area contributed by atoms with Gasteiger partial charge in [-0.3, -0.25) is 0 Å². The number of rotatable bonds is 2. The lowest BCUT2D eigenvalue weighted by Gasteiger charge is -2.35. The predicted molar refractivity (Wildman–Crippen MR) is 52.8 cm³/mol. The van der Waals surface area contributed by atoms with Crippen LogP contribution in [-0.4, -0.2) is 23.1 Å². The van der Waals surface area contributed by atoms with Crippen LogP contribution in [0.25, 0.3) is 0 Å². The van der Waals surface area contributed by atoms with Gasteiger partial charge in [0.15, 0.2) is 0 Å². The van der Waals surface area contributed by atoms with E-state index in [4.69, 9.17) is 5.26 Å². The van der Waals surface area contributed by atoms with Gasteiger partial charge in [-0.25, -0.2) is 9.97 Å². The predicted octanol–water partition coefficient (Wildman–Crippen LogP) is 1.34. The summed E-state index contributed by atoms with van der Waals surface area (Å²) in [5, 5.41) is 8.66. The van der Waals surface area contributed by atoms with E-state index in [2.05, 4.69) is 14.9 Å². The smallest absolute Gasteiger partial charge is 0.234 e. The van der Waals surface area contributed by atoms with E-state index in [-0.39, 0.29) is 5.82 Å². The summed E-state index contributed by atoms with van der Waals surface area (Å²) in [6, 6.07) is 4.39. The number of nitrogens with zero attached hydrogens (tertiary/aromatic N) is 4. The lowest BCUT2D eigenvalue weighted by atomic mass is 9.92. The van der Waals surface area contributed by atoms with Gasteiger partial charge in [0, 0.05) is 19.3 Å². The minimum atomic E-state index is 0.244. The fourth-order valence-corrected chi connectivity index (χ4v) is 1.56. The molecule has 1 aliphatic rings. The molecule has 1 fully saturated rings. The van der Waals surface area contributed by atoms with Gasteiger partial charge in [-0.15, -0.1) is 0 Å². The first-order chi connectivity index (χ1) is 6.81. The van der Waals surface area contributed by atoms with E-state index in [1.165, 1.54) is 19.3 Å². The van der Waals surface area contributed by atoms with Crippen molar-refractivity contribution in [1.82, 2.24) is 9.97 Å². The first-order valence-electron chi connectivity index (χ1n) is 4.77. The van der Waals surface area contributed by atoms with Gasteiger partial charge in [-0.1, -0.05) is 0 Å². The van der Waals surface area contributed by atoms with Crippen LogP contribution < -0.4 is 4.90 Å². The van der Waals surface area contributed by atoms with Gasteiger partial charge in [0.05, 0.1) is 0 Å². The largest absolute Gasteiger partial charge is 0.357 e. The van der Waals surface area contributed by atoms with E-state index in [0.717, 1.165) is 5.82 Å². The minimum absolute atomic E-state index is 0.244. The van der Waals surface area contributed by atoms with Gasteiger partial charge < -0.3 is 4.90 Å². The number of nitriles is 1. The molecule has 0 amide bonds. The van der Waals surface area contributed by atoms with Crippen LogP contribution in [0.2, 0.25) is 0 Å². The molecule has 1 aromatic rings. The van der Waals surface area contributed by atoms with Gasteiger partial charge in [0.25, 0.3) is 0 Å². The van der Waals surface area contributed by atoms with Crippen LogP contribution in [0.3, 0.4) is 0 Å². The Labute approximate surface area is 83.2 Å². The van der Waals surface area contributed by atoms with Gasteiger partial charge in [-0.05, 0) is 25.3 Å². The second-order valence-electron chi connectivity index (χ2n) is 3.55. The molecule has 0 N–H and O–H groups in total. The molecule has 72 valence electrons. The van der Waals surface area contributed by atoms with Crippen molar-refractivity contribution in [2.45, 2.75) is 25.3 Å². The zero-order chi connectivity index (χ0) is 9.97. The molecule has 0 saturated heterocycles. The van der Waals surface area contributed by atoms with E-state index in [9.17, 15) is 0 Å². The molecule has 0 radical (unpaired) electrons. The van der Waals surface area contributed by atoms with Crippen LogP contribution in [0.5, 0.6) is 0 Å². The third-order valence-electron chi connectivity index (χ3n) is 2.72. The summed E-state index contributed by atoms with van der Waals surface area (Å²) in [5.41, 5.74) is 0. The van der Waals surface area contributed by atoms with Gasteiger partial charge in [0.1, 0.15) is 11.9 Å². The van der Waals surface area contributed by atoms with Crippen molar-refractivity contribution >= 4 is 5.82 Å². The average Bonchev–Trinajstić information content (AvgIpc) is 2.15. The average molecular weight is 188 g/mol. The van der Waals surface area contributed by atoms with Crippen molar-refractivity contribution in [2.75, 3.05) is 11.9 Å². The van der Waals surface area contributed by atoms with E-state index in [1.54, 1.807) is 6.20 Å². The molecule has 0 atom stereocenters. The van der Waals surface area contributed by atoms with Gasteiger partial charge in [-0.2, -0.15) is 5.26 Å². The Morgan fingerprint density at radius 1 is 1.57 bits per heavy atom. The molecular weight excluding hydrogens is 176 g/mol. The Kier molecular flexibility index (Phi) is 2.32. The number of hydrogen-bond acceptors (Lipinski definition) is 4. The van der Waals surface area contributed by atoms with E-state index in [1.807, 2.05) is 19.2 Å². The molecule has 0 bridgehead atoms. The maximum absolute atomic E-state index is 8.66. The van der Waals surface area contributed by atoms with Crippen LogP contribution in [0.15, 0.2) is 12.3 Å². The standard InChI is InChI=1S/C10H12N4/c1-14(8-3-2-4-8)10-5-6-12-9(7-11)13-10/h5-6,8H,2-4H2,1H3. The van der Waals surface area contributed by atoms with Crippen molar-refractivity contribution in [2.24, 2.45) is 0 Å². The molecule has 1 heterocycles. The minimum Gasteiger partial charge on any atom is -0.357 e. The van der Waals surface area contributed by atoms with Crippen LogP contribution in [0.1, 0.15) is 25.1 Å². The zero-order valence-electron chi connectivity index (χ0n) is 8.14. The Morgan fingerprint density at radius 3 is 2.93 bits per heavy atom. The molecule has 0 spiro atoms. The SMILES string of the molecule is CN(c1ccnc(C#N)n1)C1CCC1. The van der Waals surface area contributed by atoms with Crippen molar-refractivity contribution < 1.29 is 0 Å². The highest BCUT2D eigenvalue weighted by Crippen LogP contribution is 2.26. The Balaban J connectivity index is 2.18. The first-order valence-corrected chi connectivity index (χ1v) is 4.77. The van der Waals surface area contributed by atoms with E-state index in [0.29, 0.717) is 6.04 Å². The topological polar surface area (TPSA) is 52.8 Å². The van der Waals surface area contributed by atoms with Crippen molar-refractivity contribution in [3.63, 3.8) is 0 Å². The maximum Gasteiger partial charge on any atom is 0.234 e. The summed E-state index contributed by atoms with van der Waals surface area (Å²) < 4.78 is 0. The molecule has 1 saturated carbocycles. The summed E-state index contributed by atoms with van der Waals surface area (Å²) in [4.78, 5) is 10.1. The lowest BCUT2D eigenvalue weighted by Crippen LogP contribution is -2.37. The normalized spacial score (nSPS) is 15.7. The second-order valence-corrected chi connectivity index (χ2v) is 3.55. The molecule has 0 aliphatic heterocycles. The molecule has 1 aliphatic carbocycles. The molecule has 0 aromatic carbocycles. The fraction of sp³-hybridized carbons (Fsp3) is 0.500. The van der Waals surface area contributed by atoms with Crippen molar-refractivity contribution in [3.05, 3.63) is 18.1 Å². The van der Waals surface area contributed by atoms with Crippen LogP contribution in [0, 0.1) is 11.3 Å². The van der Waals surface area contributed by atoms with Gasteiger partial charge >= 0.3 is 0 Å². The molecule has 1 aromatic heterocycles. The van der Waals surface area contributed by atoms with E-state index >= 15 is 0 Å². The first kappa shape index (κ1) is 8.95. The summed E-state index contributed by atoms with van der Waals surface area (Å²) in [5.74, 6) is 1.09. The Morgan fingerprint density at radius 2 is 2.36 bits per heavy atom. The number of hydrogen-bond donors (Lipinski definition) is 0. The highest BCUT2D eigenvalue weighted by molar-refractivity contribution is 5.39. The summed E-state index contributed by atoms with van der Waals surface area (Å²) in [7, 11) is 2.02. The summed E-state index contributed by atoms with van der Waals surface area (Å²) in [6.45, 7) is 0. The number of aromatic nitrogens is 2. The van der Waals surface area contributed by atoms with Gasteiger partial charge in [0.2, 0.25) is 5.82 Å².